The fourth-order valence-corrected chi connectivity index (χ4v) is 8.52. The number of nitrogens with one attached hydrogen (secondary N) is 2. The van der Waals surface area contributed by atoms with Crippen LogP contribution in [0.4, 0.5) is 11.4 Å². The van der Waals surface area contributed by atoms with Crippen LogP contribution in [0.15, 0.2) is 140 Å². The molecule has 5 aromatic rings. The predicted molar refractivity (Wildman–Crippen MR) is 188 cm³/mol. The van der Waals surface area contributed by atoms with Crippen molar-refractivity contribution in [2.75, 3.05) is 30.5 Å². The van der Waals surface area contributed by atoms with Crippen molar-refractivity contribution in [3.05, 3.63) is 140 Å². The average Bonchev–Trinajstić information content (AvgIpc) is 3.04. The van der Waals surface area contributed by atoms with Gasteiger partial charge in [0.25, 0.3) is 0 Å². The molecule has 5 aromatic carbocycles. The second-order valence-electron chi connectivity index (χ2n) is 9.72. The fraction of sp³-hybridized carbons (Fsp3) is 0.139. The molecule has 6 heteroatoms. The zero-order chi connectivity index (χ0) is 29.6. The molecule has 0 saturated heterocycles. The Balaban J connectivity index is 0.000000193. The summed E-state index contributed by atoms with van der Waals surface area (Å²) in [6, 6.07) is 48.1. The van der Waals surface area contributed by atoms with Gasteiger partial charge in [0.1, 0.15) is 11.5 Å². The number of hydrogen-bond donors (Lipinski definition) is 2. The molecule has 5 rings (SSSR count). The maximum absolute atomic E-state index is 5.40. The van der Waals surface area contributed by atoms with Crippen LogP contribution in [0.1, 0.15) is 13.8 Å². The van der Waals surface area contributed by atoms with E-state index >= 15 is 0 Å². The molecule has 0 radical (unpaired) electrons. The summed E-state index contributed by atoms with van der Waals surface area (Å²) < 4.78 is 10.8. The molecule has 4 nitrogen and oxygen atoms in total. The molecule has 0 fully saturated rings. The van der Waals surface area contributed by atoms with Crippen LogP contribution in [0.25, 0.3) is 0 Å². The van der Waals surface area contributed by atoms with Gasteiger partial charge >= 0.3 is 121 Å². The van der Waals surface area contributed by atoms with Crippen LogP contribution >= 0.6 is 19.5 Å². The van der Waals surface area contributed by atoms with Crippen molar-refractivity contribution in [2.24, 2.45) is 0 Å². The molecule has 0 aliphatic heterocycles. The minimum atomic E-state index is -1.88. The van der Waals surface area contributed by atoms with E-state index in [1.165, 1.54) is 15.9 Å². The standard InChI is InChI=1S/C19H19P.C17H20N2O2S/c1-20(17-11-5-2-6-12-17,18-13-7-3-8-14-18)19-15-9-4-10-16-19;1-3-20-15-9-5-13(6-10-15)18-17(22)19-14-7-11-16(12-8-14)21-4-2/h2-16,20H,1H3;5-12H,3-4H2,1-2H3,(H2,18,19,22). The van der Waals surface area contributed by atoms with Gasteiger partial charge in [-0.1, -0.05) is 0 Å². The number of rotatable bonds is 9. The van der Waals surface area contributed by atoms with Crippen LogP contribution in [0.5, 0.6) is 11.5 Å². The molecule has 0 saturated carbocycles. The summed E-state index contributed by atoms with van der Waals surface area (Å²) in [7, 11) is -1.88. The first-order valence-corrected chi connectivity index (χ1v) is 17.1. The van der Waals surface area contributed by atoms with E-state index in [4.69, 9.17) is 21.7 Å². The Hall–Kier alpha value is -4.18. The van der Waals surface area contributed by atoms with Crippen molar-refractivity contribution in [3.63, 3.8) is 0 Å². The van der Waals surface area contributed by atoms with E-state index in [1.54, 1.807) is 0 Å². The molecular formula is C36H39N2O2PS. The Kier molecular flexibility index (Phi) is 11.5. The van der Waals surface area contributed by atoms with Gasteiger partial charge < -0.3 is 20.1 Å². The number of ether oxygens (including phenoxy) is 2. The third-order valence-electron chi connectivity index (χ3n) is 6.90. The van der Waals surface area contributed by atoms with Crippen molar-refractivity contribution < 1.29 is 9.47 Å². The molecule has 2 N–H and O–H groups in total. The third-order valence-corrected chi connectivity index (χ3v) is 11.6. The van der Waals surface area contributed by atoms with Crippen LogP contribution in [0.2, 0.25) is 0 Å². The van der Waals surface area contributed by atoms with Gasteiger partial charge in [-0.2, -0.15) is 0 Å². The third kappa shape index (κ3) is 8.42. The van der Waals surface area contributed by atoms with E-state index in [2.05, 4.69) is 108 Å². The maximum atomic E-state index is 5.40. The Morgan fingerprint density at radius 2 is 0.833 bits per heavy atom. The molecule has 0 atom stereocenters. The van der Waals surface area contributed by atoms with Gasteiger partial charge in [0, 0.05) is 11.4 Å². The van der Waals surface area contributed by atoms with Gasteiger partial charge in [-0.15, -0.1) is 0 Å². The van der Waals surface area contributed by atoms with Crippen molar-refractivity contribution in [1.82, 2.24) is 0 Å². The quantitative estimate of drug-likeness (QED) is 0.136. The van der Waals surface area contributed by atoms with E-state index < -0.39 is 7.26 Å². The first-order chi connectivity index (χ1) is 20.5. The van der Waals surface area contributed by atoms with Crippen LogP contribution in [-0.4, -0.2) is 25.0 Å². The molecule has 0 aliphatic carbocycles. The second kappa shape index (κ2) is 15.7. The summed E-state index contributed by atoms with van der Waals surface area (Å²) in [5, 5.41) is 11.2. The monoisotopic (exact) mass is 594 g/mol. The van der Waals surface area contributed by atoms with E-state index in [0.717, 1.165) is 22.9 Å². The first-order valence-electron chi connectivity index (χ1n) is 14.2. The van der Waals surface area contributed by atoms with Crippen LogP contribution in [0, 0.1) is 0 Å². The van der Waals surface area contributed by atoms with Crippen molar-refractivity contribution in [1.29, 1.82) is 0 Å². The summed E-state index contributed by atoms with van der Waals surface area (Å²) in [5.74, 6) is 1.69. The summed E-state index contributed by atoms with van der Waals surface area (Å²) >= 11 is 5.30. The Morgan fingerprint density at radius 3 is 1.12 bits per heavy atom. The zero-order valence-electron chi connectivity index (χ0n) is 24.4. The summed E-state index contributed by atoms with van der Waals surface area (Å²) in [4.78, 5) is 0. The Bertz CT molecular complexity index is 1350. The molecule has 0 spiro atoms. The van der Waals surface area contributed by atoms with Gasteiger partial charge in [0.05, 0.1) is 13.2 Å². The van der Waals surface area contributed by atoms with Crippen LogP contribution in [0.3, 0.4) is 0 Å². The molecule has 0 aromatic heterocycles. The first kappa shape index (κ1) is 30.8. The molecule has 0 aliphatic rings. The molecular weight excluding hydrogens is 555 g/mol. The number of hydrogen-bond acceptors (Lipinski definition) is 3. The fourth-order valence-electron chi connectivity index (χ4n) is 4.71. The average molecular weight is 595 g/mol. The number of benzene rings is 5. The van der Waals surface area contributed by atoms with Gasteiger partial charge in [-0.3, -0.25) is 0 Å². The van der Waals surface area contributed by atoms with Gasteiger partial charge in [-0.05, 0) is 74.6 Å². The SMILES string of the molecule is CCOc1ccc(NC(=S)Nc2ccc(OCC)cc2)cc1.C[PH](c1ccccc1)(c1ccccc1)c1ccccc1. The minimum absolute atomic E-state index is 0.535. The predicted octanol–water partition coefficient (Wildman–Crippen LogP) is 7.64. The normalized spacial score (nSPS) is 10.9. The molecule has 42 heavy (non-hydrogen) atoms. The van der Waals surface area contributed by atoms with Crippen molar-refractivity contribution in [2.45, 2.75) is 13.8 Å². The Morgan fingerprint density at radius 1 is 0.524 bits per heavy atom. The number of thiocarbonyl (C=S) groups is 1. The second-order valence-corrected chi connectivity index (χ2v) is 14.1. The van der Waals surface area contributed by atoms with E-state index in [1.807, 2.05) is 62.4 Å². The van der Waals surface area contributed by atoms with E-state index in [0.29, 0.717) is 18.3 Å². The molecule has 0 bridgehead atoms. The van der Waals surface area contributed by atoms with Crippen LogP contribution < -0.4 is 36.0 Å². The van der Waals surface area contributed by atoms with Gasteiger partial charge in [0.2, 0.25) is 0 Å². The molecule has 0 unspecified atom stereocenters. The summed E-state index contributed by atoms with van der Waals surface area (Å²) in [6.07, 6.45) is 0. The Labute approximate surface area is 256 Å². The van der Waals surface area contributed by atoms with E-state index in [9.17, 15) is 0 Å². The topological polar surface area (TPSA) is 42.5 Å². The van der Waals surface area contributed by atoms with Crippen LogP contribution in [-0.2, 0) is 0 Å². The van der Waals surface area contributed by atoms with Gasteiger partial charge in [-0.25, -0.2) is 0 Å². The van der Waals surface area contributed by atoms with Gasteiger partial charge in [0.15, 0.2) is 5.11 Å². The summed E-state index contributed by atoms with van der Waals surface area (Å²) in [6.45, 7) is 7.67. The van der Waals surface area contributed by atoms with E-state index in [-0.39, 0.29) is 0 Å². The summed E-state index contributed by atoms with van der Waals surface area (Å²) in [5.41, 5.74) is 1.82. The molecule has 0 heterocycles. The van der Waals surface area contributed by atoms with Crippen molar-refractivity contribution in [3.8, 4) is 11.5 Å². The van der Waals surface area contributed by atoms with Crippen molar-refractivity contribution >= 4 is 51.9 Å². The number of anilines is 2. The zero-order valence-corrected chi connectivity index (χ0v) is 26.2. The molecule has 0 amide bonds. The molecule has 216 valence electrons.